The summed E-state index contributed by atoms with van der Waals surface area (Å²) < 4.78 is 0. The highest BCUT2D eigenvalue weighted by Crippen LogP contribution is 2.26. The van der Waals surface area contributed by atoms with Gasteiger partial charge < -0.3 is 10.7 Å². The summed E-state index contributed by atoms with van der Waals surface area (Å²) in [7, 11) is 1.86. The molecule has 2 fully saturated rings. The van der Waals surface area contributed by atoms with Crippen LogP contribution in [0.2, 0.25) is 0 Å². The van der Waals surface area contributed by atoms with E-state index in [-0.39, 0.29) is 0 Å². The Kier molecular flexibility index (Phi) is 3.82. The van der Waals surface area contributed by atoms with Gasteiger partial charge in [0, 0.05) is 32.2 Å². The summed E-state index contributed by atoms with van der Waals surface area (Å²) in [6.07, 6.45) is 2.73. The Bertz CT molecular complexity index is 250. The van der Waals surface area contributed by atoms with Crippen molar-refractivity contribution in [2.45, 2.75) is 38.8 Å². The van der Waals surface area contributed by atoms with Crippen LogP contribution in [0.3, 0.4) is 0 Å². The van der Waals surface area contributed by atoms with Crippen LogP contribution in [0.1, 0.15) is 26.7 Å². The summed E-state index contributed by atoms with van der Waals surface area (Å²) in [6, 6.07) is 1.18. The topological polar surface area (TPSA) is 39.7 Å². The Morgan fingerprint density at radius 3 is 3.00 bits per heavy atom. The molecule has 0 aliphatic carbocycles. The molecule has 2 N–H and O–H groups in total. The molecule has 4 heteroatoms. The Morgan fingerprint density at radius 1 is 1.50 bits per heavy atom. The average Bonchev–Trinajstić information content (AvgIpc) is 2.71. The lowest BCUT2D eigenvalue weighted by Crippen LogP contribution is -2.42. The molecule has 3 unspecified atom stereocenters. The highest BCUT2D eigenvalue weighted by molar-refractivity contribution is 5.86. The third-order valence-corrected chi connectivity index (χ3v) is 4.07. The van der Waals surface area contributed by atoms with E-state index in [0.29, 0.717) is 6.04 Å². The fourth-order valence-electron chi connectivity index (χ4n) is 2.93. The van der Waals surface area contributed by atoms with E-state index in [1.54, 1.807) is 0 Å². The standard InChI is InChI=1S/C12H24N4/c1-9(15-13-3)10(2)16-7-11-5-4-6-14-12(11)8-16/h10-14H,4-8H2,1-3H3/b15-9-. The molecule has 0 aromatic heterocycles. The fourth-order valence-corrected chi connectivity index (χ4v) is 2.93. The van der Waals surface area contributed by atoms with Crippen LogP contribution < -0.4 is 10.7 Å². The predicted octanol–water partition coefficient (Wildman–Crippen LogP) is 0.654. The van der Waals surface area contributed by atoms with Gasteiger partial charge in [0.2, 0.25) is 0 Å². The first kappa shape index (κ1) is 11.9. The Labute approximate surface area is 98.5 Å². The number of hydrogen-bond acceptors (Lipinski definition) is 4. The van der Waals surface area contributed by atoms with Crippen LogP contribution in [0.25, 0.3) is 0 Å². The summed E-state index contributed by atoms with van der Waals surface area (Å²) in [5.41, 5.74) is 4.06. The van der Waals surface area contributed by atoms with Gasteiger partial charge in [-0.05, 0) is 39.2 Å². The lowest BCUT2D eigenvalue weighted by molar-refractivity contribution is 0.297. The quantitative estimate of drug-likeness (QED) is 0.546. The van der Waals surface area contributed by atoms with Crippen molar-refractivity contribution in [1.82, 2.24) is 15.6 Å². The van der Waals surface area contributed by atoms with Gasteiger partial charge in [0.05, 0.1) is 5.71 Å². The second-order valence-electron chi connectivity index (χ2n) is 5.07. The maximum Gasteiger partial charge on any atom is 0.0515 e. The first-order valence-corrected chi connectivity index (χ1v) is 6.40. The minimum Gasteiger partial charge on any atom is -0.313 e. The van der Waals surface area contributed by atoms with E-state index < -0.39 is 0 Å². The van der Waals surface area contributed by atoms with Gasteiger partial charge >= 0.3 is 0 Å². The minimum absolute atomic E-state index is 0.458. The van der Waals surface area contributed by atoms with Crippen molar-refractivity contribution >= 4 is 5.71 Å². The Hall–Kier alpha value is -0.610. The van der Waals surface area contributed by atoms with E-state index in [1.807, 2.05) is 7.05 Å². The molecule has 16 heavy (non-hydrogen) atoms. The maximum atomic E-state index is 4.29. The molecule has 3 atom stereocenters. The van der Waals surface area contributed by atoms with E-state index in [9.17, 15) is 0 Å². The Morgan fingerprint density at radius 2 is 2.31 bits per heavy atom. The lowest BCUT2D eigenvalue weighted by Gasteiger charge is -2.25. The van der Waals surface area contributed by atoms with Crippen LogP contribution in [0.15, 0.2) is 5.10 Å². The van der Waals surface area contributed by atoms with Gasteiger partial charge in [0.25, 0.3) is 0 Å². The molecule has 0 aromatic carbocycles. The van der Waals surface area contributed by atoms with E-state index in [1.165, 1.54) is 38.2 Å². The van der Waals surface area contributed by atoms with Gasteiger partial charge in [0.15, 0.2) is 0 Å². The third-order valence-electron chi connectivity index (χ3n) is 4.07. The second kappa shape index (κ2) is 5.15. The van der Waals surface area contributed by atoms with Crippen molar-refractivity contribution in [3.63, 3.8) is 0 Å². The summed E-state index contributed by atoms with van der Waals surface area (Å²) >= 11 is 0. The first-order chi connectivity index (χ1) is 7.72. The van der Waals surface area contributed by atoms with Crippen molar-refractivity contribution in [2.75, 3.05) is 26.7 Å². The summed E-state index contributed by atoms with van der Waals surface area (Å²) in [5, 5.41) is 7.93. The molecule has 0 aromatic rings. The summed E-state index contributed by atoms with van der Waals surface area (Å²) in [4.78, 5) is 2.56. The number of piperidine rings is 1. The average molecular weight is 224 g/mol. The van der Waals surface area contributed by atoms with Crippen molar-refractivity contribution in [2.24, 2.45) is 11.0 Å². The molecule has 4 nitrogen and oxygen atoms in total. The van der Waals surface area contributed by atoms with Crippen LogP contribution in [0.5, 0.6) is 0 Å². The SMILES string of the molecule is CN/N=C(/C)C(C)N1CC2CCCNC2C1. The highest BCUT2D eigenvalue weighted by atomic mass is 15.3. The van der Waals surface area contributed by atoms with E-state index in [2.05, 4.69) is 34.6 Å². The molecule has 2 saturated heterocycles. The number of rotatable bonds is 3. The first-order valence-electron chi connectivity index (χ1n) is 6.40. The zero-order chi connectivity index (χ0) is 11.5. The molecule has 2 aliphatic rings. The molecular weight excluding hydrogens is 200 g/mol. The molecule has 92 valence electrons. The molecule has 2 heterocycles. The number of likely N-dealkylation sites (tertiary alicyclic amines) is 1. The maximum absolute atomic E-state index is 4.29. The van der Waals surface area contributed by atoms with Gasteiger partial charge in [0.1, 0.15) is 0 Å². The van der Waals surface area contributed by atoms with E-state index in [0.717, 1.165) is 12.0 Å². The molecule has 2 rings (SSSR count). The van der Waals surface area contributed by atoms with E-state index in [4.69, 9.17) is 0 Å². The van der Waals surface area contributed by atoms with Crippen molar-refractivity contribution in [3.8, 4) is 0 Å². The number of hydrogen-bond donors (Lipinski definition) is 2. The zero-order valence-corrected chi connectivity index (χ0v) is 10.7. The predicted molar refractivity (Wildman–Crippen MR) is 67.7 cm³/mol. The zero-order valence-electron chi connectivity index (χ0n) is 10.7. The van der Waals surface area contributed by atoms with Gasteiger partial charge in [-0.3, -0.25) is 4.90 Å². The molecule has 0 amide bonds. The largest absolute Gasteiger partial charge is 0.313 e. The highest BCUT2D eigenvalue weighted by Gasteiger charge is 2.36. The molecule has 0 spiro atoms. The van der Waals surface area contributed by atoms with Gasteiger partial charge in [-0.15, -0.1) is 0 Å². The minimum atomic E-state index is 0.458. The monoisotopic (exact) mass is 224 g/mol. The molecule has 0 saturated carbocycles. The van der Waals surface area contributed by atoms with Crippen LogP contribution in [-0.2, 0) is 0 Å². The summed E-state index contributed by atoms with van der Waals surface area (Å²) in [6.45, 7) is 7.98. The van der Waals surface area contributed by atoms with E-state index >= 15 is 0 Å². The fraction of sp³-hybridized carbons (Fsp3) is 0.917. The van der Waals surface area contributed by atoms with Crippen LogP contribution in [0.4, 0.5) is 0 Å². The third kappa shape index (κ3) is 2.38. The molecule has 0 bridgehead atoms. The second-order valence-corrected chi connectivity index (χ2v) is 5.07. The molecule has 0 radical (unpaired) electrons. The number of fused-ring (bicyclic) bond motifs is 1. The van der Waals surface area contributed by atoms with Crippen LogP contribution >= 0.6 is 0 Å². The van der Waals surface area contributed by atoms with Crippen molar-refractivity contribution in [3.05, 3.63) is 0 Å². The smallest absolute Gasteiger partial charge is 0.0515 e. The van der Waals surface area contributed by atoms with Gasteiger partial charge in [-0.25, -0.2) is 0 Å². The van der Waals surface area contributed by atoms with Crippen molar-refractivity contribution < 1.29 is 0 Å². The number of nitrogens with zero attached hydrogens (tertiary/aromatic N) is 2. The molecular formula is C12H24N4. The molecule has 2 aliphatic heterocycles. The lowest BCUT2D eigenvalue weighted by atomic mass is 9.94. The number of nitrogens with one attached hydrogen (secondary N) is 2. The van der Waals surface area contributed by atoms with Crippen LogP contribution in [-0.4, -0.2) is 49.4 Å². The summed E-state index contributed by atoms with van der Waals surface area (Å²) in [5.74, 6) is 0.860. The Balaban J connectivity index is 1.94. The van der Waals surface area contributed by atoms with Gasteiger partial charge in [-0.2, -0.15) is 5.10 Å². The number of hydrazone groups is 1. The normalized spacial score (nSPS) is 33.6. The van der Waals surface area contributed by atoms with Crippen molar-refractivity contribution in [1.29, 1.82) is 0 Å². The van der Waals surface area contributed by atoms with Crippen LogP contribution in [0, 0.1) is 5.92 Å². The van der Waals surface area contributed by atoms with Gasteiger partial charge in [-0.1, -0.05) is 0 Å².